The summed E-state index contributed by atoms with van der Waals surface area (Å²) < 4.78 is 26.8. The molecule has 2 heterocycles. The summed E-state index contributed by atoms with van der Waals surface area (Å²) in [5.74, 6) is -0.186. The first-order valence-electron chi connectivity index (χ1n) is 11.0. The molecule has 3 aromatic carbocycles. The number of halogens is 1. The average Bonchev–Trinajstić information content (AvgIpc) is 3.14. The molecule has 6 heteroatoms. The minimum atomic E-state index is -0.538. The van der Waals surface area contributed by atoms with E-state index in [0.29, 0.717) is 42.3 Å². The smallest absolute Gasteiger partial charge is 0.256 e. The third-order valence-corrected chi connectivity index (χ3v) is 5.87. The van der Waals surface area contributed by atoms with Crippen LogP contribution >= 0.6 is 0 Å². The van der Waals surface area contributed by atoms with Gasteiger partial charge in [0.2, 0.25) is 0 Å². The van der Waals surface area contributed by atoms with Gasteiger partial charge in [-0.1, -0.05) is 59.7 Å². The van der Waals surface area contributed by atoms with Crippen molar-refractivity contribution < 1.29 is 18.7 Å². The highest BCUT2D eigenvalue weighted by atomic mass is 19.1. The van der Waals surface area contributed by atoms with Gasteiger partial charge in [-0.25, -0.2) is 4.39 Å². The molecule has 0 saturated heterocycles. The zero-order chi connectivity index (χ0) is 22.9. The summed E-state index contributed by atoms with van der Waals surface area (Å²) in [5, 5.41) is 6.04. The van der Waals surface area contributed by atoms with Gasteiger partial charge in [-0.2, -0.15) is 0 Å². The highest BCUT2D eigenvalue weighted by molar-refractivity contribution is 6.35. The van der Waals surface area contributed by atoms with Crippen molar-refractivity contribution in [2.75, 3.05) is 18.5 Å². The number of anilines is 1. The van der Waals surface area contributed by atoms with E-state index in [1.807, 2.05) is 31.2 Å². The molecule has 0 spiro atoms. The topological polar surface area (TPSA) is 59.6 Å². The van der Waals surface area contributed by atoms with E-state index in [9.17, 15) is 9.18 Å². The van der Waals surface area contributed by atoms with Gasteiger partial charge in [-0.15, -0.1) is 0 Å². The van der Waals surface area contributed by atoms with Gasteiger partial charge >= 0.3 is 0 Å². The lowest BCUT2D eigenvalue weighted by atomic mass is 10.0. The van der Waals surface area contributed by atoms with Gasteiger partial charge < -0.3 is 20.1 Å². The number of fused-ring (bicyclic) bond motifs is 3. The van der Waals surface area contributed by atoms with Crippen molar-refractivity contribution in [1.82, 2.24) is 5.32 Å². The standard InChI is InChI=1S/C27H25FN2O3/c1-16-3-7-18(8-4-16)11-21-24-25(30-27(21)31)22(28)12-23-26(24)33-20(15-32-23)14-29-13-19-9-5-17(2)6-10-19/h3-12,20,29H,13-15H2,1-2H3,(H,30,31). The molecule has 5 rings (SSSR count). The summed E-state index contributed by atoms with van der Waals surface area (Å²) in [6, 6.07) is 17.4. The number of amides is 1. The molecule has 3 aromatic rings. The molecule has 2 N–H and O–H groups in total. The lowest BCUT2D eigenvalue weighted by molar-refractivity contribution is -0.110. The van der Waals surface area contributed by atoms with E-state index in [0.717, 1.165) is 11.1 Å². The summed E-state index contributed by atoms with van der Waals surface area (Å²) in [4.78, 5) is 12.7. The second kappa shape index (κ2) is 8.71. The quantitative estimate of drug-likeness (QED) is 0.552. The number of hydrogen-bond acceptors (Lipinski definition) is 4. The molecule has 0 aromatic heterocycles. The number of carbonyl (C=O) groups is 1. The second-order valence-electron chi connectivity index (χ2n) is 8.53. The van der Waals surface area contributed by atoms with Gasteiger partial charge in [0.25, 0.3) is 5.91 Å². The molecule has 2 aliphatic rings. The van der Waals surface area contributed by atoms with Crippen LogP contribution < -0.4 is 20.1 Å². The molecule has 0 saturated carbocycles. The number of benzene rings is 3. The molecule has 0 fully saturated rings. The number of hydrogen-bond donors (Lipinski definition) is 2. The Morgan fingerprint density at radius 1 is 1.09 bits per heavy atom. The van der Waals surface area contributed by atoms with Crippen LogP contribution in [0.3, 0.4) is 0 Å². The highest BCUT2D eigenvalue weighted by Gasteiger charge is 2.36. The first-order chi connectivity index (χ1) is 16.0. The third-order valence-electron chi connectivity index (χ3n) is 5.87. The van der Waals surface area contributed by atoms with E-state index < -0.39 is 5.82 Å². The Morgan fingerprint density at radius 3 is 2.52 bits per heavy atom. The molecule has 33 heavy (non-hydrogen) atoms. The van der Waals surface area contributed by atoms with E-state index >= 15 is 0 Å². The first-order valence-corrected chi connectivity index (χ1v) is 11.0. The van der Waals surface area contributed by atoms with Gasteiger partial charge in [0.05, 0.1) is 16.8 Å². The van der Waals surface area contributed by atoms with Gasteiger partial charge in [0, 0.05) is 19.2 Å². The zero-order valence-corrected chi connectivity index (χ0v) is 18.6. The maximum absolute atomic E-state index is 14.7. The maximum Gasteiger partial charge on any atom is 0.256 e. The van der Waals surface area contributed by atoms with Crippen LogP contribution in [-0.4, -0.2) is 25.2 Å². The molecule has 0 radical (unpaired) electrons. The predicted octanol–water partition coefficient (Wildman–Crippen LogP) is 4.86. The number of aryl methyl sites for hydroxylation is 2. The van der Waals surface area contributed by atoms with Crippen LogP contribution in [0.4, 0.5) is 10.1 Å². The van der Waals surface area contributed by atoms with Crippen molar-refractivity contribution in [2.24, 2.45) is 0 Å². The average molecular weight is 445 g/mol. The van der Waals surface area contributed by atoms with Crippen molar-refractivity contribution in [1.29, 1.82) is 0 Å². The summed E-state index contributed by atoms with van der Waals surface area (Å²) >= 11 is 0. The Balaban J connectivity index is 1.39. The van der Waals surface area contributed by atoms with E-state index in [1.165, 1.54) is 17.2 Å². The van der Waals surface area contributed by atoms with Crippen molar-refractivity contribution in [2.45, 2.75) is 26.5 Å². The number of nitrogens with one attached hydrogen (secondary N) is 2. The second-order valence-corrected chi connectivity index (χ2v) is 8.53. The Hall–Kier alpha value is -3.64. The number of carbonyl (C=O) groups excluding carboxylic acids is 1. The van der Waals surface area contributed by atoms with E-state index in [2.05, 4.69) is 41.8 Å². The van der Waals surface area contributed by atoms with Crippen molar-refractivity contribution >= 4 is 23.2 Å². The Morgan fingerprint density at radius 2 is 1.79 bits per heavy atom. The van der Waals surface area contributed by atoms with Crippen LogP contribution in [0.1, 0.15) is 27.8 Å². The zero-order valence-electron chi connectivity index (χ0n) is 18.6. The summed E-state index contributed by atoms with van der Waals surface area (Å²) in [7, 11) is 0. The predicted molar refractivity (Wildman–Crippen MR) is 127 cm³/mol. The molecule has 5 nitrogen and oxygen atoms in total. The molecule has 1 atom stereocenters. The Bertz CT molecular complexity index is 1230. The summed E-state index contributed by atoms with van der Waals surface area (Å²) in [6.07, 6.45) is 1.48. The molecule has 0 aliphatic carbocycles. The van der Waals surface area contributed by atoms with E-state index in [4.69, 9.17) is 9.47 Å². The monoisotopic (exact) mass is 444 g/mol. The first kappa shape index (κ1) is 21.2. The van der Waals surface area contributed by atoms with Gasteiger partial charge in [0.15, 0.2) is 17.3 Å². The Labute approximate surface area is 192 Å². The molecule has 1 unspecified atom stereocenters. The summed E-state index contributed by atoms with van der Waals surface area (Å²) in [5.41, 5.74) is 5.28. The van der Waals surface area contributed by atoms with Gasteiger partial charge in [-0.3, -0.25) is 4.79 Å². The fourth-order valence-electron chi connectivity index (χ4n) is 4.04. The lowest BCUT2D eigenvalue weighted by Gasteiger charge is -2.28. The normalized spacial score (nSPS) is 17.7. The van der Waals surface area contributed by atoms with Gasteiger partial charge in [0.1, 0.15) is 12.7 Å². The molecule has 1 amide bonds. The fourth-order valence-corrected chi connectivity index (χ4v) is 4.04. The highest BCUT2D eigenvalue weighted by Crippen LogP contribution is 2.48. The minimum Gasteiger partial charge on any atom is -0.486 e. The third kappa shape index (κ3) is 4.34. The van der Waals surface area contributed by atoms with Crippen molar-refractivity contribution in [3.05, 3.63) is 88.2 Å². The van der Waals surface area contributed by atoms with Crippen LogP contribution in [0.25, 0.3) is 11.6 Å². The number of rotatable bonds is 5. The SMILES string of the molecule is Cc1ccc(C=C2C(=O)Nc3c(F)cc4c(c32)OC(CNCc2ccc(C)cc2)CO4)cc1. The summed E-state index contributed by atoms with van der Waals surface area (Å²) in [6.45, 7) is 5.61. The molecule has 0 bridgehead atoms. The van der Waals surface area contributed by atoms with Crippen molar-refractivity contribution in [3.8, 4) is 11.5 Å². The van der Waals surface area contributed by atoms with Crippen molar-refractivity contribution in [3.63, 3.8) is 0 Å². The van der Waals surface area contributed by atoms with E-state index in [1.54, 1.807) is 6.08 Å². The largest absolute Gasteiger partial charge is 0.486 e. The molecule has 2 aliphatic heterocycles. The number of ether oxygens (including phenoxy) is 2. The lowest BCUT2D eigenvalue weighted by Crippen LogP contribution is -2.38. The van der Waals surface area contributed by atoms with Crippen LogP contribution in [0.5, 0.6) is 11.5 Å². The Kier molecular flexibility index (Phi) is 5.60. The van der Waals surface area contributed by atoms with Crippen LogP contribution in [0.2, 0.25) is 0 Å². The van der Waals surface area contributed by atoms with Crippen LogP contribution in [0.15, 0.2) is 54.6 Å². The van der Waals surface area contributed by atoms with Gasteiger partial charge in [-0.05, 0) is 31.1 Å². The minimum absolute atomic E-state index is 0.133. The van der Waals surface area contributed by atoms with Crippen LogP contribution in [0, 0.1) is 19.7 Å². The molecular weight excluding hydrogens is 419 g/mol. The fraction of sp³-hybridized carbons (Fsp3) is 0.222. The molecule has 168 valence electrons. The van der Waals surface area contributed by atoms with E-state index in [-0.39, 0.29) is 17.7 Å². The van der Waals surface area contributed by atoms with Crippen LogP contribution in [-0.2, 0) is 11.3 Å². The molecular formula is C27H25FN2O3. The maximum atomic E-state index is 14.7.